The van der Waals surface area contributed by atoms with Gasteiger partial charge in [-0.1, -0.05) is 18.9 Å². The molecule has 0 saturated heterocycles. The first kappa shape index (κ1) is 7.52. The summed E-state index contributed by atoms with van der Waals surface area (Å²) < 4.78 is 0. The molecule has 0 N–H and O–H groups in total. The van der Waals surface area contributed by atoms with Gasteiger partial charge in [0, 0.05) is 5.92 Å². The van der Waals surface area contributed by atoms with Crippen molar-refractivity contribution in [3.63, 3.8) is 0 Å². The fourth-order valence-corrected chi connectivity index (χ4v) is 1.50. The molecular weight excluding hydrogens is 124 g/mol. The molecule has 1 aliphatic rings. The van der Waals surface area contributed by atoms with Crippen molar-refractivity contribution in [2.24, 2.45) is 5.92 Å². The average molecular weight is 138 g/mol. The van der Waals surface area contributed by atoms with Gasteiger partial charge in [0.1, 0.15) is 0 Å². The summed E-state index contributed by atoms with van der Waals surface area (Å²) in [5.41, 5.74) is 1.25. The number of rotatable bonds is 2. The SMILES string of the molecule is CCCC1CC(C)=CC1=O. The molecule has 0 bridgehead atoms. The predicted octanol–water partition coefficient (Wildman–Crippen LogP) is 2.32. The van der Waals surface area contributed by atoms with Crippen LogP contribution in [0.25, 0.3) is 0 Å². The molecule has 0 radical (unpaired) electrons. The Kier molecular flexibility index (Phi) is 2.25. The third-order valence-electron chi connectivity index (χ3n) is 2.00. The topological polar surface area (TPSA) is 17.1 Å². The lowest BCUT2D eigenvalue weighted by Crippen LogP contribution is -2.05. The summed E-state index contributed by atoms with van der Waals surface area (Å²) in [6.07, 6.45) is 4.98. The van der Waals surface area contributed by atoms with Gasteiger partial charge in [-0.3, -0.25) is 4.79 Å². The smallest absolute Gasteiger partial charge is 0.159 e. The summed E-state index contributed by atoms with van der Waals surface area (Å²) in [6, 6.07) is 0. The van der Waals surface area contributed by atoms with Crippen molar-refractivity contribution in [2.45, 2.75) is 33.1 Å². The minimum absolute atomic E-state index is 0.324. The third kappa shape index (κ3) is 1.47. The molecule has 1 unspecified atom stereocenters. The highest BCUT2D eigenvalue weighted by molar-refractivity contribution is 5.94. The van der Waals surface area contributed by atoms with E-state index in [2.05, 4.69) is 6.92 Å². The molecule has 1 nitrogen and oxygen atoms in total. The largest absolute Gasteiger partial charge is 0.295 e. The number of allylic oxidation sites excluding steroid dienone is 2. The minimum atomic E-state index is 0.324. The Balaban J connectivity index is 2.47. The van der Waals surface area contributed by atoms with E-state index in [-0.39, 0.29) is 0 Å². The van der Waals surface area contributed by atoms with Crippen LogP contribution in [0.1, 0.15) is 33.1 Å². The first-order valence-electron chi connectivity index (χ1n) is 3.95. The van der Waals surface area contributed by atoms with Crippen molar-refractivity contribution in [1.29, 1.82) is 0 Å². The number of carbonyl (C=O) groups is 1. The molecule has 0 spiro atoms. The van der Waals surface area contributed by atoms with Gasteiger partial charge in [0.15, 0.2) is 5.78 Å². The Morgan fingerprint density at radius 3 is 2.80 bits per heavy atom. The van der Waals surface area contributed by atoms with Crippen molar-refractivity contribution in [1.82, 2.24) is 0 Å². The van der Waals surface area contributed by atoms with Crippen molar-refractivity contribution >= 4 is 5.78 Å². The summed E-state index contributed by atoms with van der Waals surface area (Å²) in [5, 5.41) is 0. The Hall–Kier alpha value is -0.590. The first-order chi connectivity index (χ1) is 4.74. The molecule has 1 heteroatoms. The minimum Gasteiger partial charge on any atom is -0.295 e. The summed E-state index contributed by atoms with van der Waals surface area (Å²) in [5.74, 6) is 0.671. The van der Waals surface area contributed by atoms with E-state index in [0.717, 1.165) is 19.3 Å². The molecule has 1 atom stereocenters. The van der Waals surface area contributed by atoms with E-state index in [9.17, 15) is 4.79 Å². The van der Waals surface area contributed by atoms with Gasteiger partial charge in [-0.05, 0) is 25.8 Å². The number of carbonyl (C=O) groups excluding carboxylic acids is 1. The highest BCUT2D eigenvalue weighted by Crippen LogP contribution is 2.24. The highest BCUT2D eigenvalue weighted by atomic mass is 16.1. The third-order valence-corrected chi connectivity index (χ3v) is 2.00. The molecule has 1 rings (SSSR count). The van der Waals surface area contributed by atoms with Crippen LogP contribution in [-0.2, 0) is 4.79 Å². The van der Waals surface area contributed by atoms with E-state index in [1.165, 1.54) is 5.57 Å². The molecule has 1 aliphatic carbocycles. The van der Waals surface area contributed by atoms with Gasteiger partial charge in [-0.2, -0.15) is 0 Å². The van der Waals surface area contributed by atoms with Gasteiger partial charge < -0.3 is 0 Å². The molecule has 0 aromatic carbocycles. The van der Waals surface area contributed by atoms with E-state index in [1.54, 1.807) is 6.08 Å². The van der Waals surface area contributed by atoms with Gasteiger partial charge in [0.2, 0.25) is 0 Å². The summed E-state index contributed by atoms with van der Waals surface area (Å²) in [4.78, 5) is 11.1. The van der Waals surface area contributed by atoms with E-state index in [4.69, 9.17) is 0 Å². The standard InChI is InChI=1S/C9H14O/c1-3-4-8-5-7(2)6-9(8)10/h6,8H,3-5H2,1-2H3. The van der Waals surface area contributed by atoms with Gasteiger partial charge in [0.25, 0.3) is 0 Å². The van der Waals surface area contributed by atoms with E-state index >= 15 is 0 Å². The van der Waals surface area contributed by atoms with Gasteiger partial charge in [-0.15, -0.1) is 0 Å². The fourth-order valence-electron chi connectivity index (χ4n) is 1.50. The maximum atomic E-state index is 11.1. The quantitative estimate of drug-likeness (QED) is 0.572. The van der Waals surface area contributed by atoms with Crippen molar-refractivity contribution in [2.75, 3.05) is 0 Å². The molecule has 10 heavy (non-hydrogen) atoms. The lowest BCUT2D eigenvalue weighted by Gasteiger charge is -2.04. The fraction of sp³-hybridized carbons (Fsp3) is 0.667. The Bertz CT molecular complexity index is 168. The molecule has 0 saturated carbocycles. The second-order valence-electron chi connectivity index (χ2n) is 3.08. The number of ketones is 1. The van der Waals surface area contributed by atoms with Crippen LogP contribution < -0.4 is 0 Å². The first-order valence-corrected chi connectivity index (χ1v) is 3.95. The highest BCUT2D eigenvalue weighted by Gasteiger charge is 2.21. The maximum absolute atomic E-state index is 11.1. The zero-order valence-electron chi connectivity index (χ0n) is 6.68. The molecule has 0 amide bonds. The summed E-state index contributed by atoms with van der Waals surface area (Å²) in [6.45, 7) is 4.16. The van der Waals surface area contributed by atoms with Crippen molar-refractivity contribution < 1.29 is 4.79 Å². The van der Waals surface area contributed by atoms with Crippen molar-refractivity contribution in [3.8, 4) is 0 Å². The molecule has 0 heterocycles. The van der Waals surface area contributed by atoms with Crippen molar-refractivity contribution in [3.05, 3.63) is 11.6 Å². The number of hydrogen-bond acceptors (Lipinski definition) is 1. The van der Waals surface area contributed by atoms with Crippen LogP contribution in [0.3, 0.4) is 0 Å². The lowest BCUT2D eigenvalue weighted by molar-refractivity contribution is -0.117. The molecule has 0 aliphatic heterocycles. The zero-order chi connectivity index (χ0) is 7.56. The van der Waals surface area contributed by atoms with Crippen LogP contribution in [0.5, 0.6) is 0 Å². The van der Waals surface area contributed by atoms with Gasteiger partial charge >= 0.3 is 0 Å². The van der Waals surface area contributed by atoms with E-state index in [0.29, 0.717) is 11.7 Å². The van der Waals surface area contributed by atoms with Crippen LogP contribution in [0.2, 0.25) is 0 Å². The van der Waals surface area contributed by atoms with E-state index < -0.39 is 0 Å². The second-order valence-corrected chi connectivity index (χ2v) is 3.08. The Morgan fingerprint density at radius 2 is 2.40 bits per heavy atom. The molecule has 56 valence electrons. The summed E-state index contributed by atoms with van der Waals surface area (Å²) in [7, 11) is 0. The molecular formula is C9H14O. The van der Waals surface area contributed by atoms with E-state index in [1.807, 2.05) is 6.92 Å². The molecule has 0 aromatic rings. The lowest BCUT2D eigenvalue weighted by atomic mass is 9.99. The van der Waals surface area contributed by atoms with Crippen LogP contribution in [0.15, 0.2) is 11.6 Å². The van der Waals surface area contributed by atoms with Gasteiger partial charge in [-0.25, -0.2) is 0 Å². The molecule has 0 aromatic heterocycles. The molecule has 0 fully saturated rings. The van der Waals surface area contributed by atoms with Crippen LogP contribution >= 0.6 is 0 Å². The summed E-state index contributed by atoms with van der Waals surface area (Å²) >= 11 is 0. The predicted molar refractivity (Wildman–Crippen MR) is 41.8 cm³/mol. The Labute approximate surface area is 62.1 Å². The number of hydrogen-bond donors (Lipinski definition) is 0. The normalized spacial score (nSPS) is 25.2. The van der Waals surface area contributed by atoms with Crippen LogP contribution in [0, 0.1) is 5.92 Å². The average Bonchev–Trinajstić information content (AvgIpc) is 2.13. The zero-order valence-corrected chi connectivity index (χ0v) is 6.68. The Morgan fingerprint density at radius 1 is 1.70 bits per heavy atom. The maximum Gasteiger partial charge on any atom is 0.159 e. The second kappa shape index (κ2) is 3.00. The monoisotopic (exact) mass is 138 g/mol. The van der Waals surface area contributed by atoms with Crippen LogP contribution in [0.4, 0.5) is 0 Å². The van der Waals surface area contributed by atoms with Gasteiger partial charge in [0.05, 0.1) is 0 Å². The van der Waals surface area contributed by atoms with Crippen LogP contribution in [-0.4, -0.2) is 5.78 Å².